The predicted octanol–water partition coefficient (Wildman–Crippen LogP) is 1.78. The van der Waals surface area contributed by atoms with E-state index in [4.69, 9.17) is 10.5 Å². The molecule has 1 aromatic rings. The highest BCUT2D eigenvalue weighted by atomic mass is 16.5. The second-order valence-corrected chi connectivity index (χ2v) is 4.55. The third kappa shape index (κ3) is 4.32. The number of aromatic nitrogens is 1. The molecule has 1 fully saturated rings. The summed E-state index contributed by atoms with van der Waals surface area (Å²) in [6.45, 7) is 1.54. The maximum Gasteiger partial charge on any atom is 0.125 e. The summed E-state index contributed by atoms with van der Waals surface area (Å²) < 4.78 is 5.81. The third-order valence-electron chi connectivity index (χ3n) is 3.15. The zero-order valence-corrected chi connectivity index (χ0v) is 10.1. The number of nitrogens with zero attached hydrogens (tertiary/aromatic N) is 1. The number of anilines is 1. The zero-order valence-electron chi connectivity index (χ0n) is 10.1. The van der Waals surface area contributed by atoms with Crippen LogP contribution >= 0.6 is 0 Å². The summed E-state index contributed by atoms with van der Waals surface area (Å²) in [5.41, 5.74) is 5.85. The van der Waals surface area contributed by atoms with Crippen molar-refractivity contribution in [2.45, 2.75) is 37.8 Å². The zero-order chi connectivity index (χ0) is 11.9. The molecule has 0 radical (unpaired) electrons. The van der Waals surface area contributed by atoms with E-state index in [1.54, 1.807) is 6.20 Å². The van der Waals surface area contributed by atoms with Crippen LogP contribution < -0.4 is 11.1 Å². The van der Waals surface area contributed by atoms with Crippen LogP contribution in [0.3, 0.4) is 0 Å². The first-order valence-corrected chi connectivity index (χ1v) is 6.36. The van der Waals surface area contributed by atoms with Gasteiger partial charge in [0.05, 0.1) is 12.7 Å². The van der Waals surface area contributed by atoms with Crippen LogP contribution in [0.1, 0.15) is 25.7 Å². The summed E-state index contributed by atoms with van der Waals surface area (Å²) in [5.74, 6) is 0.904. The molecule has 1 saturated carbocycles. The van der Waals surface area contributed by atoms with Crippen LogP contribution in [0.5, 0.6) is 0 Å². The molecule has 3 N–H and O–H groups in total. The summed E-state index contributed by atoms with van der Waals surface area (Å²) in [6, 6.07) is 6.23. The number of nitrogens with two attached hydrogens (primary N) is 1. The van der Waals surface area contributed by atoms with Gasteiger partial charge in [-0.15, -0.1) is 0 Å². The second-order valence-electron chi connectivity index (χ2n) is 4.55. The van der Waals surface area contributed by atoms with Crippen molar-refractivity contribution >= 4 is 5.82 Å². The van der Waals surface area contributed by atoms with E-state index in [9.17, 15) is 0 Å². The second kappa shape index (κ2) is 6.57. The molecule has 0 aromatic carbocycles. The molecule has 0 bridgehead atoms. The lowest BCUT2D eigenvalue weighted by Gasteiger charge is -2.26. The Kier molecular flexibility index (Phi) is 4.76. The summed E-state index contributed by atoms with van der Waals surface area (Å²) in [7, 11) is 0. The average Bonchev–Trinajstić information content (AvgIpc) is 2.38. The van der Waals surface area contributed by atoms with Gasteiger partial charge in [-0.05, 0) is 37.8 Å². The number of hydrogen-bond acceptors (Lipinski definition) is 4. The van der Waals surface area contributed by atoms with Crippen molar-refractivity contribution in [3.8, 4) is 0 Å². The summed E-state index contributed by atoms with van der Waals surface area (Å²) >= 11 is 0. The molecule has 4 heteroatoms. The predicted molar refractivity (Wildman–Crippen MR) is 68.9 cm³/mol. The van der Waals surface area contributed by atoms with Gasteiger partial charge in [0.25, 0.3) is 0 Å². The highest BCUT2D eigenvalue weighted by Crippen LogP contribution is 2.19. The molecule has 94 valence electrons. The molecule has 0 spiro atoms. The van der Waals surface area contributed by atoms with Gasteiger partial charge in [-0.3, -0.25) is 0 Å². The van der Waals surface area contributed by atoms with Gasteiger partial charge in [0.15, 0.2) is 0 Å². The summed E-state index contributed by atoms with van der Waals surface area (Å²) in [6.07, 6.45) is 6.58. The highest BCUT2D eigenvalue weighted by molar-refractivity contribution is 5.32. The molecule has 1 aliphatic carbocycles. The molecule has 4 nitrogen and oxygen atoms in total. The Morgan fingerprint density at radius 2 is 2.12 bits per heavy atom. The summed E-state index contributed by atoms with van der Waals surface area (Å²) in [4.78, 5) is 4.19. The van der Waals surface area contributed by atoms with E-state index in [0.717, 1.165) is 44.7 Å². The molecule has 17 heavy (non-hydrogen) atoms. The van der Waals surface area contributed by atoms with Crippen LogP contribution in [0.15, 0.2) is 24.4 Å². The van der Waals surface area contributed by atoms with Gasteiger partial charge < -0.3 is 15.8 Å². The lowest BCUT2D eigenvalue weighted by molar-refractivity contribution is 0.0313. The number of nitrogens with one attached hydrogen (secondary N) is 1. The molecule has 2 rings (SSSR count). The van der Waals surface area contributed by atoms with Gasteiger partial charge in [0.2, 0.25) is 0 Å². The molecular weight excluding hydrogens is 214 g/mol. The number of ether oxygens (including phenoxy) is 1. The Bertz CT molecular complexity index is 310. The van der Waals surface area contributed by atoms with Crippen molar-refractivity contribution in [1.29, 1.82) is 0 Å². The molecule has 0 amide bonds. The number of rotatable bonds is 5. The fourth-order valence-electron chi connectivity index (χ4n) is 2.13. The Morgan fingerprint density at radius 1 is 1.29 bits per heavy atom. The molecular formula is C13H21N3O. The normalized spacial score (nSPS) is 24.5. The van der Waals surface area contributed by atoms with Crippen LogP contribution in [-0.2, 0) is 4.74 Å². The van der Waals surface area contributed by atoms with E-state index in [1.165, 1.54) is 0 Å². The monoisotopic (exact) mass is 235 g/mol. The molecule has 0 atom stereocenters. The Balaban J connectivity index is 1.57. The number of pyridine rings is 1. The van der Waals surface area contributed by atoms with Gasteiger partial charge in [0, 0.05) is 18.8 Å². The Morgan fingerprint density at radius 3 is 2.82 bits per heavy atom. The lowest BCUT2D eigenvalue weighted by Crippen LogP contribution is -2.31. The highest BCUT2D eigenvalue weighted by Gasteiger charge is 2.18. The fourth-order valence-corrected chi connectivity index (χ4v) is 2.13. The molecule has 1 heterocycles. The first-order chi connectivity index (χ1) is 8.34. The lowest BCUT2D eigenvalue weighted by atomic mass is 9.94. The molecule has 1 aliphatic rings. The minimum Gasteiger partial charge on any atom is -0.376 e. The van der Waals surface area contributed by atoms with Crippen molar-refractivity contribution in [3.05, 3.63) is 24.4 Å². The van der Waals surface area contributed by atoms with Crippen LogP contribution in [0.4, 0.5) is 5.82 Å². The maximum atomic E-state index is 5.85. The Hall–Kier alpha value is -1.13. The van der Waals surface area contributed by atoms with Gasteiger partial charge in [-0.1, -0.05) is 6.07 Å². The minimum atomic E-state index is 0.390. The van der Waals surface area contributed by atoms with Gasteiger partial charge in [-0.2, -0.15) is 0 Å². The SMILES string of the molecule is NC1CCC(OCCNc2ccccn2)CC1. The topological polar surface area (TPSA) is 60.2 Å². The average molecular weight is 235 g/mol. The van der Waals surface area contributed by atoms with Gasteiger partial charge >= 0.3 is 0 Å². The van der Waals surface area contributed by atoms with Crippen molar-refractivity contribution in [3.63, 3.8) is 0 Å². The standard InChI is InChI=1S/C13H21N3O/c14-11-4-6-12(7-5-11)17-10-9-16-13-3-1-2-8-15-13/h1-3,8,11-12H,4-7,9-10,14H2,(H,15,16). The molecule has 0 aliphatic heterocycles. The molecule has 0 unspecified atom stereocenters. The molecule has 0 saturated heterocycles. The first kappa shape index (κ1) is 12.3. The van der Waals surface area contributed by atoms with Crippen molar-refractivity contribution in [2.24, 2.45) is 5.73 Å². The first-order valence-electron chi connectivity index (χ1n) is 6.36. The van der Waals surface area contributed by atoms with Crippen molar-refractivity contribution < 1.29 is 4.74 Å². The van der Waals surface area contributed by atoms with Crippen LogP contribution in [-0.4, -0.2) is 30.3 Å². The number of hydrogen-bond donors (Lipinski definition) is 2. The van der Waals surface area contributed by atoms with E-state index in [2.05, 4.69) is 10.3 Å². The maximum absolute atomic E-state index is 5.85. The Labute approximate surface area is 103 Å². The quantitative estimate of drug-likeness (QED) is 0.764. The largest absolute Gasteiger partial charge is 0.376 e. The van der Waals surface area contributed by atoms with E-state index < -0.39 is 0 Å². The smallest absolute Gasteiger partial charge is 0.125 e. The van der Waals surface area contributed by atoms with E-state index in [0.29, 0.717) is 12.1 Å². The van der Waals surface area contributed by atoms with E-state index in [-0.39, 0.29) is 0 Å². The summed E-state index contributed by atoms with van der Waals surface area (Å²) in [5, 5.41) is 3.23. The molecule has 1 aromatic heterocycles. The van der Waals surface area contributed by atoms with E-state index in [1.807, 2.05) is 18.2 Å². The van der Waals surface area contributed by atoms with Crippen LogP contribution in [0, 0.1) is 0 Å². The third-order valence-corrected chi connectivity index (χ3v) is 3.15. The van der Waals surface area contributed by atoms with Crippen molar-refractivity contribution in [1.82, 2.24) is 4.98 Å². The van der Waals surface area contributed by atoms with Gasteiger partial charge in [0.1, 0.15) is 5.82 Å². The van der Waals surface area contributed by atoms with Crippen LogP contribution in [0.2, 0.25) is 0 Å². The van der Waals surface area contributed by atoms with E-state index >= 15 is 0 Å². The minimum absolute atomic E-state index is 0.390. The van der Waals surface area contributed by atoms with Crippen molar-refractivity contribution in [2.75, 3.05) is 18.5 Å². The van der Waals surface area contributed by atoms with Crippen LogP contribution in [0.25, 0.3) is 0 Å². The fraction of sp³-hybridized carbons (Fsp3) is 0.615. The van der Waals surface area contributed by atoms with Gasteiger partial charge in [-0.25, -0.2) is 4.98 Å².